The summed E-state index contributed by atoms with van der Waals surface area (Å²) in [5, 5.41) is 13.9. The van der Waals surface area contributed by atoms with E-state index in [9.17, 15) is 5.11 Å². The Labute approximate surface area is 100 Å². The van der Waals surface area contributed by atoms with Crippen LogP contribution in [0.3, 0.4) is 0 Å². The maximum Gasteiger partial charge on any atom is 0.105 e. The molecule has 1 atom stereocenters. The Morgan fingerprint density at radius 1 is 1.35 bits per heavy atom. The first-order valence-corrected chi connectivity index (χ1v) is 5.53. The maximum absolute atomic E-state index is 9.72. The van der Waals surface area contributed by atoms with Gasteiger partial charge in [-0.2, -0.15) is 5.10 Å². The van der Waals surface area contributed by atoms with E-state index in [-0.39, 0.29) is 6.61 Å². The number of hydrogen-bond acceptors (Lipinski definition) is 3. The summed E-state index contributed by atoms with van der Waals surface area (Å²) in [6.07, 6.45) is 2.91. The molecule has 4 nitrogen and oxygen atoms in total. The molecule has 0 amide bonds. The van der Waals surface area contributed by atoms with Gasteiger partial charge in [-0.05, 0) is 5.56 Å². The molecule has 4 heteroatoms. The Kier molecular flexibility index (Phi) is 3.90. The average molecular weight is 232 g/mol. The Morgan fingerprint density at radius 3 is 2.82 bits per heavy atom. The molecule has 1 N–H and O–H groups in total. The van der Waals surface area contributed by atoms with Crippen molar-refractivity contribution < 1.29 is 9.84 Å². The number of ether oxygens (including phenoxy) is 1. The number of hydrogen-bond donors (Lipinski definition) is 1. The number of methoxy groups -OCH3 is 1. The lowest BCUT2D eigenvalue weighted by molar-refractivity contribution is 0.0643. The molecule has 0 spiro atoms. The first kappa shape index (κ1) is 11.8. The third kappa shape index (κ3) is 3.15. The van der Waals surface area contributed by atoms with Gasteiger partial charge in [0.1, 0.15) is 6.10 Å². The van der Waals surface area contributed by atoms with E-state index in [0.29, 0.717) is 6.54 Å². The Hall–Kier alpha value is -1.65. The summed E-state index contributed by atoms with van der Waals surface area (Å²) in [6, 6.07) is 10.1. The minimum absolute atomic E-state index is 0.289. The van der Waals surface area contributed by atoms with Crippen molar-refractivity contribution in [2.24, 2.45) is 0 Å². The van der Waals surface area contributed by atoms with Crippen molar-refractivity contribution >= 4 is 0 Å². The lowest BCUT2D eigenvalue weighted by Crippen LogP contribution is -2.04. The van der Waals surface area contributed by atoms with E-state index in [2.05, 4.69) is 5.10 Å². The molecule has 17 heavy (non-hydrogen) atoms. The van der Waals surface area contributed by atoms with Crippen LogP contribution < -0.4 is 0 Å². The highest BCUT2D eigenvalue weighted by molar-refractivity contribution is 5.16. The van der Waals surface area contributed by atoms with Crippen LogP contribution in [0.5, 0.6) is 0 Å². The second-order valence-electron chi connectivity index (χ2n) is 3.93. The highest BCUT2D eigenvalue weighted by Crippen LogP contribution is 2.12. The molecule has 2 rings (SSSR count). The minimum atomic E-state index is -0.607. The van der Waals surface area contributed by atoms with Gasteiger partial charge in [0.05, 0.1) is 19.3 Å². The minimum Gasteiger partial charge on any atom is -0.386 e. The van der Waals surface area contributed by atoms with E-state index >= 15 is 0 Å². The zero-order valence-electron chi connectivity index (χ0n) is 9.78. The molecule has 1 aromatic heterocycles. The van der Waals surface area contributed by atoms with Gasteiger partial charge in [-0.1, -0.05) is 30.3 Å². The second-order valence-corrected chi connectivity index (χ2v) is 3.93. The normalized spacial score (nSPS) is 12.6. The van der Waals surface area contributed by atoms with Gasteiger partial charge in [-0.15, -0.1) is 0 Å². The zero-order valence-corrected chi connectivity index (χ0v) is 9.78. The lowest BCUT2D eigenvalue weighted by Gasteiger charge is -2.05. The number of nitrogens with zero attached hydrogens (tertiary/aromatic N) is 2. The van der Waals surface area contributed by atoms with Crippen LogP contribution in [0.15, 0.2) is 42.7 Å². The number of aliphatic hydroxyl groups is 1. The van der Waals surface area contributed by atoms with Gasteiger partial charge in [0.15, 0.2) is 0 Å². The molecule has 0 aliphatic heterocycles. The highest BCUT2D eigenvalue weighted by Gasteiger charge is 2.09. The van der Waals surface area contributed by atoms with Gasteiger partial charge in [0, 0.05) is 18.9 Å². The van der Waals surface area contributed by atoms with Crippen LogP contribution >= 0.6 is 0 Å². The average Bonchev–Trinajstić information content (AvgIpc) is 2.79. The third-order valence-corrected chi connectivity index (χ3v) is 2.55. The Morgan fingerprint density at radius 2 is 2.12 bits per heavy atom. The quantitative estimate of drug-likeness (QED) is 0.852. The van der Waals surface area contributed by atoms with Crippen molar-refractivity contribution in [1.82, 2.24) is 9.78 Å². The van der Waals surface area contributed by atoms with Gasteiger partial charge in [0.2, 0.25) is 0 Å². The fourth-order valence-electron chi connectivity index (χ4n) is 1.66. The molecule has 1 aromatic carbocycles. The first-order chi connectivity index (χ1) is 8.29. The highest BCUT2D eigenvalue weighted by atomic mass is 16.5. The molecule has 2 aromatic rings. The number of rotatable bonds is 5. The molecule has 0 radical (unpaired) electrons. The van der Waals surface area contributed by atoms with Crippen LogP contribution in [0.4, 0.5) is 0 Å². The van der Waals surface area contributed by atoms with E-state index in [1.54, 1.807) is 13.3 Å². The largest absolute Gasteiger partial charge is 0.386 e. The van der Waals surface area contributed by atoms with Crippen molar-refractivity contribution in [3.8, 4) is 0 Å². The van der Waals surface area contributed by atoms with Gasteiger partial charge < -0.3 is 9.84 Å². The smallest absolute Gasteiger partial charge is 0.105 e. The van der Waals surface area contributed by atoms with Crippen LogP contribution in [-0.2, 0) is 11.3 Å². The zero-order chi connectivity index (χ0) is 12.1. The number of benzene rings is 1. The fraction of sp³-hybridized carbons (Fsp3) is 0.308. The van der Waals surface area contributed by atoms with E-state index < -0.39 is 6.10 Å². The van der Waals surface area contributed by atoms with Gasteiger partial charge in [-0.3, -0.25) is 4.68 Å². The van der Waals surface area contributed by atoms with Crippen LogP contribution in [0.1, 0.15) is 17.2 Å². The first-order valence-electron chi connectivity index (χ1n) is 5.53. The van der Waals surface area contributed by atoms with Crippen molar-refractivity contribution in [1.29, 1.82) is 0 Å². The van der Waals surface area contributed by atoms with Crippen LogP contribution in [0.25, 0.3) is 0 Å². The molecule has 0 aliphatic rings. The summed E-state index contributed by atoms with van der Waals surface area (Å²) < 4.78 is 6.71. The molecule has 0 aliphatic carbocycles. The van der Waals surface area contributed by atoms with Crippen LogP contribution in [0.2, 0.25) is 0 Å². The molecular weight excluding hydrogens is 216 g/mol. The van der Waals surface area contributed by atoms with Crippen LogP contribution in [0, 0.1) is 0 Å². The van der Waals surface area contributed by atoms with Gasteiger partial charge in [0.25, 0.3) is 0 Å². The van der Waals surface area contributed by atoms with E-state index in [1.165, 1.54) is 5.56 Å². The lowest BCUT2D eigenvalue weighted by atomic mass is 10.2. The second kappa shape index (κ2) is 5.61. The number of aliphatic hydroxyl groups excluding tert-OH is 1. The molecular formula is C13H16N2O2. The fourth-order valence-corrected chi connectivity index (χ4v) is 1.66. The Balaban J connectivity index is 2.04. The van der Waals surface area contributed by atoms with Gasteiger partial charge >= 0.3 is 0 Å². The molecule has 0 saturated heterocycles. The summed E-state index contributed by atoms with van der Waals surface area (Å²) in [5.74, 6) is 0. The number of aromatic nitrogens is 2. The monoisotopic (exact) mass is 232 g/mol. The SMILES string of the molecule is COCC(O)c1cnn(Cc2ccccc2)c1. The van der Waals surface area contributed by atoms with E-state index in [0.717, 1.165) is 5.56 Å². The third-order valence-electron chi connectivity index (χ3n) is 2.55. The van der Waals surface area contributed by atoms with E-state index in [4.69, 9.17) is 4.74 Å². The van der Waals surface area contributed by atoms with Crippen molar-refractivity contribution in [2.75, 3.05) is 13.7 Å². The van der Waals surface area contributed by atoms with E-state index in [1.807, 2.05) is 41.2 Å². The maximum atomic E-state index is 9.72. The predicted molar refractivity (Wildman–Crippen MR) is 64.6 cm³/mol. The molecule has 1 heterocycles. The van der Waals surface area contributed by atoms with Crippen molar-refractivity contribution in [2.45, 2.75) is 12.6 Å². The predicted octanol–water partition coefficient (Wildman–Crippen LogP) is 1.61. The summed E-state index contributed by atoms with van der Waals surface area (Å²) >= 11 is 0. The molecule has 0 saturated carbocycles. The topological polar surface area (TPSA) is 47.3 Å². The summed E-state index contributed by atoms with van der Waals surface area (Å²) in [5.41, 5.74) is 1.96. The van der Waals surface area contributed by atoms with Crippen LogP contribution in [-0.4, -0.2) is 28.6 Å². The van der Waals surface area contributed by atoms with Crippen molar-refractivity contribution in [3.63, 3.8) is 0 Å². The molecule has 90 valence electrons. The van der Waals surface area contributed by atoms with Crippen molar-refractivity contribution in [3.05, 3.63) is 53.9 Å². The Bertz CT molecular complexity index is 453. The molecule has 0 bridgehead atoms. The van der Waals surface area contributed by atoms with Gasteiger partial charge in [-0.25, -0.2) is 0 Å². The summed E-state index contributed by atoms with van der Waals surface area (Å²) in [4.78, 5) is 0. The summed E-state index contributed by atoms with van der Waals surface area (Å²) in [7, 11) is 1.57. The molecule has 0 fully saturated rings. The standard InChI is InChI=1S/C13H16N2O2/c1-17-10-13(16)12-7-14-15(9-12)8-11-5-3-2-4-6-11/h2-7,9,13,16H,8,10H2,1H3. The molecule has 1 unspecified atom stereocenters. The summed E-state index contributed by atoms with van der Waals surface area (Å²) in [6.45, 7) is 0.998.